The molecule has 8 heteroatoms. The topological polar surface area (TPSA) is 66.5 Å². The Morgan fingerprint density at radius 1 is 1.19 bits per heavy atom. The van der Waals surface area contributed by atoms with Crippen molar-refractivity contribution in [2.75, 3.05) is 31.4 Å². The quantitative estimate of drug-likeness (QED) is 0.689. The predicted octanol–water partition coefficient (Wildman–Crippen LogP) is 3.65. The molecule has 1 unspecified atom stereocenters. The van der Waals surface area contributed by atoms with Gasteiger partial charge in [0.25, 0.3) is 5.91 Å². The molecule has 0 saturated heterocycles. The second-order valence-corrected chi connectivity index (χ2v) is 8.91. The van der Waals surface area contributed by atoms with Crippen LogP contribution >= 0.6 is 23.4 Å². The maximum atomic E-state index is 12.7. The Hall–Kier alpha value is -1.83. The molecule has 0 bridgehead atoms. The van der Waals surface area contributed by atoms with Crippen molar-refractivity contribution >= 4 is 51.7 Å². The molecule has 0 aliphatic rings. The van der Waals surface area contributed by atoms with E-state index in [9.17, 15) is 13.8 Å². The van der Waals surface area contributed by atoms with Crippen molar-refractivity contribution < 1.29 is 13.8 Å². The van der Waals surface area contributed by atoms with Gasteiger partial charge in [0.1, 0.15) is 0 Å². The van der Waals surface area contributed by atoms with Gasteiger partial charge in [-0.1, -0.05) is 23.7 Å². The van der Waals surface area contributed by atoms with Crippen LogP contribution in [0.4, 0.5) is 5.69 Å². The number of nitrogens with one attached hydrogen (secondary N) is 1. The first kappa shape index (κ1) is 21.5. The molecule has 5 nitrogen and oxygen atoms in total. The lowest BCUT2D eigenvalue weighted by Gasteiger charge is -2.13. The van der Waals surface area contributed by atoms with Crippen LogP contribution in [0.3, 0.4) is 0 Å². The van der Waals surface area contributed by atoms with Gasteiger partial charge in [0.15, 0.2) is 0 Å². The molecular weight excluding hydrogens is 404 g/mol. The molecule has 2 aromatic carbocycles. The van der Waals surface area contributed by atoms with Crippen LogP contribution in [0.1, 0.15) is 15.9 Å². The number of rotatable bonds is 7. The molecule has 0 aromatic heterocycles. The molecule has 2 amide bonds. The molecule has 144 valence electrons. The van der Waals surface area contributed by atoms with Gasteiger partial charge in [-0.25, -0.2) is 0 Å². The third kappa shape index (κ3) is 6.37. The van der Waals surface area contributed by atoms with Crippen molar-refractivity contribution in [2.45, 2.75) is 10.6 Å². The Kier molecular flexibility index (Phi) is 7.89. The SMILES string of the molecule is CN(C)C(=O)CSc1ccccc1C(=O)Nc1ccc(Cl)c(CS(C)=O)c1. The summed E-state index contributed by atoms with van der Waals surface area (Å²) in [5, 5.41) is 3.36. The standard InChI is InChI=1S/C19H21ClN2O3S2/c1-22(2)18(23)11-26-17-7-5-4-6-15(17)19(24)21-14-8-9-16(20)13(10-14)12-27(3)25/h4-10H,11-12H2,1-3H3,(H,21,24). The number of anilines is 1. The lowest BCUT2D eigenvalue weighted by atomic mass is 10.2. The Balaban J connectivity index is 2.17. The smallest absolute Gasteiger partial charge is 0.256 e. The van der Waals surface area contributed by atoms with Crippen molar-refractivity contribution in [1.82, 2.24) is 4.90 Å². The monoisotopic (exact) mass is 424 g/mol. The van der Waals surface area contributed by atoms with Crippen molar-refractivity contribution in [3.05, 3.63) is 58.6 Å². The minimum Gasteiger partial charge on any atom is -0.348 e. The van der Waals surface area contributed by atoms with E-state index in [4.69, 9.17) is 11.6 Å². The average Bonchev–Trinajstić information content (AvgIpc) is 2.62. The summed E-state index contributed by atoms with van der Waals surface area (Å²) in [6.45, 7) is 0. The van der Waals surface area contributed by atoms with Gasteiger partial charge in [0.05, 0.1) is 11.3 Å². The van der Waals surface area contributed by atoms with E-state index in [2.05, 4.69) is 5.32 Å². The third-order valence-corrected chi connectivity index (χ3v) is 5.79. The number of hydrogen-bond acceptors (Lipinski definition) is 4. The number of benzene rings is 2. The van der Waals surface area contributed by atoms with Crippen LogP contribution in [0.15, 0.2) is 47.4 Å². The second-order valence-electron chi connectivity index (χ2n) is 6.05. The molecule has 0 spiro atoms. The zero-order valence-corrected chi connectivity index (χ0v) is 17.7. The Morgan fingerprint density at radius 2 is 1.89 bits per heavy atom. The van der Waals surface area contributed by atoms with Crippen LogP contribution in [-0.2, 0) is 21.3 Å². The van der Waals surface area contributed by atoms with Crippen molar-refractivity contribution in [2.24, 2.45) is 0 Å². The summed E-state index contributed by atoms with van der Waals surface area (Å²) >= 11 is 7.45. The van der Waals surface area contributed by atoms with E-state index in [1.165, 1.54) is 16.7 Å². The van der Waals surface area contributed by atoms with Crippen LogP contribution in [0, 0.1) is 0 Å². The highest BCUT2D eigenvalue weighted by atomic mass is 35.5. The zero-order chi connectivity index (χ0) is 20.0. The number of carbonyl (C=O) groups is 2. The molecule has 1 atom stereocenters. The Morgan fingerprint density at radius 3 is 2.56 bits per heavy atom. The van der Waals surface area contributed by atoms with E-state index < -0.39 is 10.8 Å². The Labute approximate surface area is 170 Å². The predicted molar refractivity (Wildman–Crippen MR) is 113 cm³/mol. The van der Waals surface area contributed by atoms with Crippen molar-refractivity contribution in [1.29, 1.82) is 0 Å². The summed E-state index contributed by atoms with van der Waals surface area (Å²) in [5.41, 5.74) is 1.79. The molecule has 0 fully saturated rings. The first-order valence-corrected chi connectivity index (χ1v) is 11.2. The average molecular weight is 425 g/mol. The van der Waals surface area contributed by atoms with Gasteiger partial charge in [0, 0.05) is 52.5 Å². The minimum atomic E-state index is -1.04. The number of carbonyl (C=O) groups excluding carboxylic acids is 2. The van der Waals surface area contributed by atoms with E-state index in [1.807, 2.05) is 12.1 Å². The molecule has 0 saturated carbocycles. The number of halogens is 1. The summed E-state index contributed by atoms with van der Waals surface area (Å²) in [7, 11) is 2.36. The van der Waals surface area contributed by atoms with Crippen molar-refractivity contribution in [3.8, 4) is 0 Å². The fraction of sp³-hybridized carbons (Fsp3) is 0.263. The van der Waals surface area contributed by atoms with E-state index >= 15 is 0 Å². The minimum absolute atomic E-state index is 0.0230. The van der Waals surface area contributed by atoms with E-state index in [-0.39, 0.29) is 17.6 Å². The largest absolute Gasteiger partial charge is 0.348 e. The highest BCUT2D eigenvalue weighted by Crippen LogP contribution is 2.25. The van der Waals surface area contributed by atoms with Crippen LogP contribution in [0.25, 0.3) is 0 Å². The molecule has 0 heterocycles. The molecule has 0 aliphatic heterocycles. The van der Waals surface area contributed by atoms with Gasteiger partial charge < -0.3 is 10.2 Å². The van der Waals surface area contributed by atoms with Crippen LogP contribution in [0.5, 0.6) is 0 Å². The first-order chi connectivity index (χ1) is 12.8. The summed E-state index contributed by atoms with van der Waals surface area (Å²) < 4.78 is 11.5. The van der Waals surface area contributed by atoms with E-state index in [0.29, 0.717) is 22.0 Å². The number of amides is 2. The lowest BCUT2D eigenvalue weighted by Crippen LogP contribution is -2.23. The third-order valence-electron chi connectivity index (χ3n) is 3.64. The van der Waals surface area contributed by atoms with Crippen LogP contribution in [0.2, 0.25) is 5.02 Å². The molecule has 27 heavy (non-hydrogen) atoms. The van der Waals surface area contributed by atoms with Crippen LogP contribution < -0.4 is 5.32 Å². The van der Waals surface area contributed by atoms with Gasteiger partial charge in [-0.05, 0) is 35.9 Å². The second kappa shape index (κ2) is 9.92. The fourth-order valence-corrected chi connectivity index (χ4v) is 4.20. The van der Waals surface area contributed by atoms with Gasteiger partial charge in [-0.2, -0.15) is 0 Å². The summed E-state index contributed by atoms with van der Waals surface area (Å²) in [6, 6.07) is 12.2. The van der Waals surface area contributed by atoms with Gasteiger partial charge in [-0.3, -0.25) is 13.8 Å². The molecule has 0 radical (unpaired) electrons. The maximum absolute atomic E-state index is 12.7. The van der Waals surface area contributed by atoms with Crippen LogP contribution in [-0.4, -0.2) is 47.0 Å². The fourth-order valence-electron chi connectivity index (χ4n) is 2.23. The lowest BCUT2D eigenvalue weighted by molar-refractivity contribution is -0.125. The van der Waals surface area contributed by atoms with Gasteiger partial charge in [0.2, 0.25) is 5.91 Å². The van der Waals surface area contributed by atoms with Gasteiger partial charge >= 0.3 is 0 Å². The highest BCUT2D eigenvalue weighted by Gasteiger charge is 2.14. The van der Waals surface area contributed by atoms with Crippen molar-refractivity contribution in [3.63, 3.8) is 0 Å². The molecular formula is C19H21ClN2O3S2. The summed E-state index contributed by atoms with van der Waals surface area (Å²) in [5.74, 6) is 0.276. The molecule has 2 aromatic rings. The maximum Gasteiger partial charge on any atom is 0.256 e. The number of hydrogen-bond donors (Lipinski definition) is 1. The van der Waals surface area contributed by atoms with Gasteiger partial charge in [-0.15, -0.1) is 11.8 Å². The first-order valence-electron chi connectivity index (χ1n) is 8.09. The Bertz CT molecular complexity index is 872. The number of thioether (sulfide) groups is 1. The summed E-state index contributed by atoms with van der Waals surface area (Å²) in [6.07, 6.45) is 1.60. The summed E-state index contributed by atoms with van der Waals surface area (Å²) in [4.78, 5) is 26.8. The molecule has 2 rings (SSSR count). The molecule has 0 aliphatic carbocycles. The number of nitrogens with zero attached hydrogens (tertiary/aromatic N) is 1. The van der Waals surface area contributed by atoms with E-state index in [1.54, 1.807) is 50.7 Å². The van der Waals surface area contributed by atoms with E-state index in [0.717, 1.165) is 10.5 Å². The normalized spacial score (nSPS) is 11.7. The molecule has 1 N–H and O–H groups in total. The highest BCUT2D eigenvalue weighted by molar-refractivity contribution is 8.00. The zero-order valence-electron chi connectivity index (χ0n) is 15.3.